The van der Waals surface area contributed by atoms with Crippen LogP contribution in [0.4, 0.5) is 30.4 Å². The number of nitrogens with zero attached hydrogens (tertiary/aromatic N) is 7. The van der Waals surface area contributed by atoms with Gasteiger partial charge in [0, 0.05) is 50.9 Å². The maximum Gasteiger partial charge on any atom is 0.416 e. The predicted octanol–water partition coefficient (Wildman–Crippen LogP) is 4.32. The number of fused-ring (bicyclic) bond motifs is 3. The molecule has 3 aliphatic rings. The van der Waals surface area contributed by atoms with Gasteiger partial charge in [-0.15, -0.1) is 0 Å². The number of benzene rings is 1. The lowest BCUT2D eigenvalue weighted by Crippen LogP contribution is -2.52. The third kappa shape index (κ3) is 4.71. The van der Waals surface area contributed by atoms with Crippen molar-refractivity contribution in [2.24, 2.45) is 5.92 Å². The van der Waals surface area contributed by atoms with Gasteiger partial charge >= 0.3 is 6.18 Å². The fourth-order valence-corrected chi connectivity index (χ4v) is 6.57. The normalized spacial score (nSPS) is 23.0. The molecule has 2 amide bonds. The summed E-state index contributed by atoms with van der Waals surface area (Å²) in [5.41, 5.74) is 2.61. The average Bonchev–Trinajstić information content (AvgIpc) is 3.48. The van der Waals surface area contributed by atoms with Crippen molar-refractivity contribution in [1.82, 2.24) is 19.4 Å². The van der Waals surface area contributed by atoms with E-state index in [1.807, 2.05) is 25.1 Å². The number of carbonyl (C=O) groups is 2. The fourth-order valence-electron chi connectivity index (χ4n) is 6.57. The van der Waals surface area contributed by atoms with Crippen LogP contribution in [0, 0.1) is 19.8 Å². The van der Waals surface area contributed by atoms with E-state index in [4.69, 9.17) is 4.98 Å². The number of pyridine rings is 1. The molecular formula is C30H34F3N7O2. The second-order valence-corrected chi connectivity index (χ2v) is 11.7. The molecule has 1 fully saturated rings. The number of aromatic nitrogens is 3. The molecule has 1 aromatic carbocycles. The van der Waals surface area contributed by atoms with E-state index in [0.717, 1.165) is 48.0 Å². The Bertz CT molecular complexity index is 1570. The standard InChI is InChI=1S/C30H34F3N7O2/c1-17-7-6-8-23-26(17)39(16-22-15-38-10-9-36(4)19(3)28(38)35-22)14-20-12-25(41)40(27(20)29(42)37(23)5)24-13-21(30(31,32)33)11-18(2)34-24/h6-8,11,13,15,19-20,27H,9-10,12,14,16H2,1-5H3/t19-,20-,27+/m1/s1. The molecule has 0 aliphatic carbocycles. The molecule has 9 nitrogen and oxygen atoms in total. The van der Waals surface area contributed by atoms with Crippen LogP contribution in [-0.4, -0.2) is 64.5 Å². The average molecular weight is 582 g/mol. The smallest absolute Gasteiger partial charge is 0.363 e. The van der Waals surface area contributed by atoms with Crippen LogP contribution in [0.2, 0.25) is 0 Å². The summed E-state index contributed by atoms with van der Waals surface area (Å²) >= 11 is 0. The molecular weight excluding hydrogens is 547 g/mol. The minimum absolute atomic E-state index is 0.0143. The van der Waals surface area contributed by atoms with Crippen LogP contribution < -0.4 is 14.7 Å². The molecule has 2 aromatic heterocycles. The second-order valence-electron chi connectivity index (χ2n) is 11.7. The van der Waals surface area contributed by atoms with Crippen molar-refractivity contribution in [3.05, 3.63) is 64.9 Å². The number of anilines is 3. The molecule has 3 aliphatic heterocycles. The lowest BCUT2D eigenvalue weighted by molar-refractivity contribution is -0.137. The number of aryl methyl sites for hydroxylation is 2. The number of carbonyl (C=O) groups excluding carboxylic acids is 2. The minimum atomic E-state index is -4.62. The van der Waals surface area contributed by atoms with Gasteiger partial charge < -0.3 is 14.4 Å². The number of hydrogen-bond acceptors (Lipinski definition) is 6. The van der Waals surface area contributed by atoms with Gasteiger partial charge in [-0.25, -0.2) is 9.97 Å². The number of amides is 2. The third-order valence-electron chi connectivity index (χ3n) is 8.82. The largest absolute Gasteiger partial charge is 0.416 e. The molecule has 0 saturated carbocycles. The first kappa shape index (κ1) is 28.2. The highest BCUT2D eigenvalue weighted by Gasteiger charge is 2.49. The van der Waals surface area contributed by atoms with E-state index in [2.05, 4.69) is 39.5 Å². The monoisotopic (exact) mass is 581 g/mol. The van der Waals surface area contributed by atoms with Crippen LogP contribution in [-0.2, 0) is 28.9 Å². The number of para-hydroxylation sites is 1. The molecule has 222 valence electrons. The van der Waals surface area contributed by atoms with Gasteiger partial charge in [0.05, 0.1) is 35.2 Å². The minimum Gasteiger partial charge on any atom is -0.363 e. The predicted molar refractivity (Wildman–Crippen MR) is 152 cm³/mol. The van der Waals surface area contributed by atoms with Crippen LogP contribution >= 0.6 is 0 Å². The Kier molecular flexibility index (Phi) is 6.79. The summed E-state index contributed by atoms with van der Waals surface area (Å²) in [6.07, 6.45) is -2.53. The van der Waals surface area contributed by atoms with Crippen molar-refractivity contribution in [1.29, 1.82) is 0 Å². The highest BCUT2D eigenvalue weighted by Crippen LogP contribution is 2.42. The van der Waals surface area contributed by atoms with Gasteiger partial charge in [0.2, 0.25) is 11.8 Å². The number of imidazole rings is 1. The number of rotatable bonds is 3. The summed E-state index contributed by atoms with van der Waals surface area (Å²) in [4.78, 5) is 43.9. The molecule has 3 aromatic rings. The van der Waals surface area contributed by atoms with Gasteiger partial charge in [-0.2, -0.15) is 13.2 Å². The van der Waals surface area contributed by atoms with Crippen LogP contribution in [0.25, 0.3) is 0 Å². The Morgan fingerprint density at radius 2 is 1.81 bits per heavy atom. The zero-order valence-corrected chi connectivity index (χ0v) is 24.3. The summed E-state index contributed by atoms with van der Waals surface area (Å²) in [6.45, 7) is 8.13. The van der Waals surface area contributed by atoms with Gasteiger partial charge in [0.25, 0.3) is 0 Å². The van der Waals surface area contributed by atoms with Crippen molar-refractivity contribution < 1.29 is 22.8 Å². The van der Waals surface area contributed by atoms with Crippen molar-refractivity contribution in [3.8, 4) is 0 Å². The summed E-state index contributed by atoms with van der Waals surface area (Å²) in [6, 6.07) is 6.69. The summed E-state index contributed by atoms with van der Waals surface area (Å²) in [7, 11) is 3.73. The Hall–Kier alpha value is -3.93. The van der Waals surface area contributed by atoms with E-state index < -0.39 is 29.6 Å². The third-order valence-corrected chi connectivity index (χ3v) is 8.82. The highest BCUT2D eigenvalue weighted by atomic mass is 19.4. The summed E-state index contributed by atoms with van der Waals surface area (Å²) in [5.74, 6) is -0.412. The van der Waals surface area contributed by atoms with Crippen LogP contribution in [0.15, 0.2) is 36.5 Å². The van der Waals surface area contributed by atoms with Gasteiger partial charge in [-0.3, -0.25) is 19.4 Å². The van der Waals surface area contributed by atoms with E-state index >= 15 is 0 Å². The van der Waals surface area contributed by atoms with Gasteiger partial charge in [0.1, 0.15) is 17.7 Å². The van der Waals surface area contributed by atoms with Crippen LogP contribution in [0.1, 0.15) is 47.7 Å². The molecule has 42 heavy (non-hydrogen) atoms. The highest BCUT2D eigenvalue weighted by molar-refractivity contribution is 6.10. The first-order chi connectivity index (χ1) is 19.8. The Morgan fingerprint density at radius 3 is 2.55 bits per heavy atom. The summed E-state index contributed by atoms with van der Waals surface area (Å²) in [5, 5.41) is 0. The molecule has 12 heteroatoms. The quantitative estimate of drug-likeness (QED) is 0.459. The Labute approximate surface area is 242 Å². The topological polar surface area (TPSA) is 77.8 Å². The van der Waals surface area contributed by atoms with Crippen molar-refractivity contribution >= 4 is 29.0 Å². The zero-order valence-electron chi connectivity index (χ0n) is 24.3. The summed E-state index contributed by atoms with van der Waals surface area (Å²) < 4.78 is 43.3. The number of hydrogen-bond donors (Lipinski definition) is 0. The SMILES string of the molecule is Cc1cc(C(F)(F)F)cc(N2C(=O)C[C@@H]3CN(Cc4cn5c(n4)[C@@H](C)N(C)CC5)c4c(C)cccc4N(C)C(=O)[C@H]32)n1. The first-order valence-electron chi connectivity index (χ1n) is 14.1. The van der Waals surface area contributed by atoms with Crippen LogP contribution in [0.5, 0.6) is 0 Å². The van der Waals surface area contributed by atoms with E-state index in [0.29, 0.717) is 18.8 Å². The molecule has 0 spiro atoms. The maximum atomic E-state index is 14.1. The van der Waals surface area contributed by atoms with Gasteiger partial charge in [-0.05, 0) is 51.6 Å². The number of halogens is 3. The van der Waals surface area contributed by atoms with Crippen molar-refractivity contribution in [2.45, 2.75) is 58.5 Å². The van der Waals surface area contributed by atoms with Gasteiger partial charge in [0.15, 0.2) is 0 Å². The zero-order chi connectivity index (χ0) is 30.1. The lowest BCUT2D eigenvalue weighted by atomic mass is 9.95. The van der Waals surface area contributed by atoms with Crippen molar-refractivity contribution in [2.75, 3.05) is 41.9 Å². The Morgan fingerprint density at radius 1 is 1.05 bits per heavy atom. The molecule has 1 saturated heterocycles. The van der Waals surface area contributed by atoms with Gasteiger partial charge in [-0.1, -0.05) is 12.1 Å². The van der Waals surface area contributed by atoms with Crippen molar-refractivity contribution in [3.63, 3.8) is 0 Å². The Balaban J connectivity index is 1.42. The van der Waals surface area contributed by atoms with E-state index in [1.165, 1.54) is 16.7 Å². The second kappa shape index (κ2) is 10.1. The molecule has 6 rings (SSSR count). The molecule has 0 N–H and O–H groups in total. The maximum absolute atomic E-state index is 14.1. The molecule has 0 bridgehead atoms. The molecule has 0 unspecified atom stereocenters. The molecule has 3 atom stereocenters. The van der Waals surface area contributed by atoms with E-state index in [1.54, 1.807) is 7.05 Å². The first-order valence-corrected chi connectivity index (χ1v) is 14.1. The fraction of sp³-hybridized carbons (Fsp3) is 0.467. The van der Waals surface area contributed by atoms with Crippen LogP contribution in [0.3, 0.4) is 0 Å². The van der Waals surface area contributed by atoms with E-state index in [9.17, 15) is 22.8 Å². The molecule has 5 heterocycles. The lowest BCUT2D eigenvalue weighted by Gasteiger charge is -2.39. The number of alkyl halides is 3. The molecule has 0 radical (unpaired) electrons. The van der Waals surface area contributed by atoms with E-state index in [-0.39, 0.29) is 29.9 Å². The number of likely N-dealkylation sites (N-methyl/N-ethyl adjacent to an activating group) is 2.